The highest BCUT2D eigenvalue weighted by molar-refractivity contribution is 5.22. The summed E-state index contributed by atoms with van der Waals surface area (Å²) in [5.74, 6) is 0.157. The van der Waals surface area contributed by atoms with Crippen LogP contribution in [0.2, 0.25) is 0 Å². The van der Waals surface area contributed by atoms with Crippen molar-refractivity contribution in [2.75, 3.05) is 13.2 Å². The van der Waals surface area contributed by atoms with Crippen LogP contribution in [-0.2, 0) is 0 Å². The largest absolute Gasteiger partial charge is 0.493 e. The highest BCUT2D eigenvalue weighted by Gasteiger charge is 2.03. The third kappa shape index (κ3) is 4.76. The third-order valence-corrected chi connectivity index (χ3v) is 2.02. The van der Waals surface area contributed by atoms with Crippen molar-refractivity contribution in [3.8, 4) is 5.75 Å². The van der Waals surface area contributed by atoms with E-state index in [1.165, 1.54) is 12.1 Å². The fourth-order valence-electron chi connectivity index (χ4n) is 1.21. The van der Waals surface area contributed by atoms with Crippen molar-refractivity contribution < 1.29 is 14.2 Å². The summed E-state index contributed by atoms with van der Waals surface area (Å²) >= 11 is 0. The van der Waals surface area contributed by atoms with Crippen molar-refractivity contribution in [3.63, 3.8) is 0 Å². The maximum atomic E-state index is 12.7. The van der Waals surface area contributed by atoms with E-state index in [0.717, 1.165) is 0 Å². The number of aliphatic hydroxyl groups is 1. The molecule has 1 rings (SSSR count). The van der Waals surface area contributed by atoms with Gasteiger partial charge in [0.15, 0.2) is 0 Å². The molecule has 0 saturated heterocycles. The van der Waals surface area contributed by atoms with Crippen molar-refractivity contribution in [1.82, 2.24) is 0 Å². The second kappa shape index (κ2) is 6.37. The number of ether oxygens (including phenoxy) is 1. The van der Waals surface area contributed by atoms with E-state index < -0.39 is 6.10 Å². The summed E-state index contributed by atoms with van der Waals surface area (Å²) in [4.78, 5) is 0. The monoisotopic (exact) mass is 213 g/mol. The van der Waals surface area contributed by atoms with Gasteiger partial charge in [0, 0.05) is 12.5 Å². The molecular weight excluding hydrogens is 197 g/mol. The minimum absolute atomic E-state index is 0.324. The Bertz CT molecular complexity index is 294. The van der Waals surface area contributed by atoms with Crippen LogP contribution in [0.25, 0.3) is 0 Å². The maximum absolute atomic E-state index is 12.7. The van der Waals surface area contributed by atoms with Crippen molar-refractivity contribution in [2.24, 2.45) is 5.73 Å². The molecule has 1 aromatic rings. The van der Waals surface area contributed by atoms with Crippen molar-refractivity contribution >= 4 is 0 Å². The maximum Gasteiger partial charge on any atom is 0.126 e. The SMILES string of the molecule is NCC[C@@H](O)CCOc1cccc(F)c1. The summed E-state index contributed by atoms with van der Waals surface area (Å²) in [7, 11) is 0. The van der Waals surface area contributed by atoms with Crippen LogP contribution < -0.4 is 10.5 Å². The van der Waals surface area contributed by atoms with Crippen LogP contribution >= 0.6 is 0 Å². The Hall–Kier alpha value is -1.13. The van der Waals surface area contributed by atoms with Crippen molar-refractivity contribution in [3.05, 3.63) is 30.1 Å². The Morgan fingerprint density at radius 1 is 1.40 bits per heavy atom. The van der Waals surface area contributed by atoms with E-state index in [1.807, 2.05) is 0 Å². The fourth-order valence-corrected chi connectivity index (χ4v) is 1.21. The lowest BCUT2D eigenvalue weighted by Gasteiger charge is -2.10. The lowest BCUT2D eigenvalue weighted by molar-refractivity contribution is 0.133. The topological polar surface area (TPSA) is 55.5 Å². The van der Waals surface area contributed by atoms with Crippen LogP contribution in [0, 0.1) is 5.82 Å². The quantitative estimate of drug-likeness (QED) is 0.749. The molecule has 4 heteroatoms. The lowest BCUT2D eigenvalue weighted by Crippen LogP contribution is -2.16. The molecule has 0 aliphatic carbocycles. The first-order valence-corrected chi connectivity index (χ1v) is 4.99. The molecule has 0 amide bonds. The van der Waals surface area contributed by atoms with E-state index in [1.54, 1.807) is 12.1 Å². The van der Waals surface area contributed by atoms with Crippen LogP contribution in [0.3, 0.4) is 0 Å². The summed E-state index contributed by atoms with van der Waals surface area (Å²) in [6, 6.07) is 5.94. The number of nitrogens with two attached hydrogens (primary N) is 1. The van der Waals surface area contributed by atoms with Gasteiger partial charge in [-0.2, -0.15) is 0 Å². The van der Waals surface area contributed by atoms with Gasteiger partial charge >= 0.3 is 0 Å². The number of benzene rings is 1. The second-order valence-corrected chi connectivity index (χ2v) is 3.33. The zero-order valence-electron chi connectivity index (χ0n) is 8.53. The van der Waals surface area contributed by atoms with Crippen LogP contribution in [-0.4, -0.2) is 24.4 Å². The van der Waals surface area contributed by atoms with Gasteiger partial charge in [-0.1, -0.05) is 6.07 Å². The molecule has 84 valence electrons. The van der Waals surface area contributed by atoms with Gasteiger partial charge in [0.2, 0.25) is 0 Å². The van der Waals surface area contributed by atoms with Crippen LogP contribution in [0.15, 0.2) is 24.3 Å². The van der Waals surface area contributed by atoms with Crippen molar-refractivity contribution in [1.29, 1.82) is 0 Å². The molecule has 0 aromatic heterocycles. The molecule has 0 aliphatic heterocycles. The van der Waals surface area contributed by atoms with Crippen LogP contribution in [0.1, 0.15) is 12.8 Å². The van der Waals surface area contributed by atoms with E-state index in [4.69, 9.17) is 10.5 Å². The van der Waals surface area contributed by atoms with Gasteiger partial charge in [-0.3, -0.25) is 0 Å². The summed E-state index contributed by atoms with van der Waals surface area (Å²) in [6.45, 7) is 0.825. The number of halogens is 1. The standard InChI is InChI=1S/C11H16FNO2/c12-9-2-1-3-11(8-9)15-7-5-10(14)4-6-13/h1-3,8,10,14H,4-7,13H2/t10-/m1/s1. The van der Waals surface area contributed by atoms with Gasteiger partial charge in [0.25, 0.3) is 0 Å². The highest BCUT2D eigenvalue weighted by Crippen LogP contribution is 2.12. The average Bonchev–Trinajstić information content (AvgIpc) is 2.18. The van der Waals surface area contributed by atoms with Crippen molar-refractivity contribution in [2.45, 2.75) is 18.9 Å². The van der Waals surface area contributed by atoms with E-state index in [-0.39, 0.29) is 5.82 Å². The molecule has 1 aromatic carbocycles. The highest BCUT2D eigenvalue weighted by atomic mass is 19.1. The Labute approximate surface area is 88.7 Å². The first kappa shape index (κ1) is 11.9. The predicted octanol–water partition coefficient (Wildman–Crippen LogP) is 1.30. The molecule has 0 spiro atoms. The first-order chi connectivity index (χ1) is 7.22. The zero-order chi connectivity index (χ0) is 11.1. The average molecular weight is 213 g/mol. The number of hydrogen-bond acceptors (Lipinski definition) is 3. The van der Waals surface area contributed by atoms with Gasteiger partial charge in [0.1, 0.15) is 11.6 Å². The summed E-state index contributed by atoms with van der Waals surface area (Å²) in [6.07, 6.45) is 0.629. The minimum atomic E-state index is -0.441. The van der Waals surface area contributed by atoms with Gasteiger partial charge in [-0.25, -0.2) is 4.39 Å². The molecule has 0 aliphatic rings. The molecule has 3 nitrogen and oxygen atoms in total. The Kier molecular flexibility index (Phi) is 5.07. The Morgan fingerprint density at radius 2 is 2.20 bits per heavy atom. The molecule has 0 saturated carbocycles. The number of rotatable bonds is 6. The van der Waals surface area contributed by atoms with Gasteiger partial charge in [-0.05, 0) is 25.1 Å². The molecule has 0 heterocycles. The summed E-state index contributed by atoms with van der Waals surface area (Å²) in [5, 5.41) is 9.35. The minimum Gasteiger partial charge on any atom is -0.493 e. The molecule has 3 N–H and O–H groups in total. The van der Waals surface area contributed by atoms with Gasteiger partial charge < -0.3 is 15.6 Å². The molecule has 0 unspecified atom stereocenters. The van der Waals surface area contributed by atoms with E-state index in [9.17, 15) is 9.50 Å². The van der Waals surface area contributed by atoms with Gasteiger partial charge in [-0.15, -0.1) is 0 Å². The zero-order valence-corrected chi connectivity index (χ0v) is 8.53. The van der Waals surface area contributed by atoms with Crippen LogP contribution in [0.4, 0.5) is 4.39 Å². The van der Waals surface area contributed by atoms with Gasteiger partial charge in [0.05, 0.1) is 12.7 Å². The third-order valence-electron chi connectivity index (χ3n) is 2.02. The Morgan fingerprint density at radius 3 is 2.87 bits per heavy atom. The molecular formula is C11H16FNO2. The van der Waals surface area contributed by atoms with E-state index in [2.05, 4.69) is 0 Å². The second-order valence-electron chi connectivity index (χ2n) is 3.33. The smallest absolute Gasteiger partial charge is 0.126 e. The predicted molar refractivity (Wildman–Crippen MR) is 56.2 cm³/mol. The fraction of sp³-hybridized carbons (Fsp3) is 0.455. The first-order valence-electron chi connectivity index (χ1n) is 4.99. The molecule has 0 radical (unpaired) electrons. The lowest BCUT2D eigenvalue weighted by atomic mass is 10.2. The number of aliphatic hydroxyl groups excluding tert-OH is 1. The molecule has 1 atom stereocenters. The Balaban J connectivity index is 2.25. The summed E-state index contributed by atoms with van der Waals surface area (Å²) < 4.78 is 18.0. The normalized spacial score (nSPS) is 12.5. The summed E-state index contributed by atoms with van der Waals surface area (Å²) in [5.41, 5.74) is 5.28. The van der Waals surface area contributed by atoms with E-state index >= 15 is 0 Å². The van der Waals surface area contributed by atoms with Crippen LogP contribution in [0.5, 0.6) is 5.75 Å². The molecule has 0 bridgehead atoms. The molecule has 0 fully saturated rings. The molecule has 15 heavy (non-hydrogen) atoms. The van der Waals surface area contributed by atoms with E-state index in [0.29, 0.717) is 31.7 Å². The number of hydrogen-bond donors (Lipinski definition) is 2.